The summed E-state index contributed by atoms with van der Waals surface area (Å²) in [7, 11) is -1.16. The molecule has 3 fully saturated rings. The van der Waals surface area contributed by atoms with Crippen LogP contribution in [0.3, 0.4) is 0 Å². The molecule has 1 aliphatic heterocycles. The minimum Gasteiger partial charge on any atom is -0.314 e. The highest BCUT2D eigenvalue weighted by atomic mass is 32.2. The number of carbonyl (C=O) groups excluding carboxylic acids is 1. The molecule has 5 nitrogen and oxygen atoms in total. The average molecular weight is 299 g/mol. The van der Waals surface area contributed by atoms with Gasteiger partial charge in [0, 0.05) is 6.04 Å². The predicted octanol–water partition coefficient (Wildman–Crippen LogP) is 0.583. The maximum absolute atomic E-state index is 12.1. The summed E-state index contributed by atoms with van der Waals surface area (Å²) >= 11 is 0. The molecule has 6 heteroatoms. The fraction of sp³-hybridized carbons (Fsp3) is 0.929. The minimum atomic E-state index is -1.16. The Kier molecular flexibility index (Phi) is 4.43. The fourth-order valence-corrected chi connectivity index (χ4v) is 3.95. The van der Waals surface area contributed by atoms with Gasteiger partial charge in [0.25, 0.3) is 5.91 Å². The Bertz CT molecular complexity index is 388. The Labute approximate surface area is 123 Å². The molecule has 2 saturated carbocycles. The number of nitrogens with one attached hydrogen (secondary N) is 3. The first-order valence-corrected chi connectivity index (χ1v) is 9.11. The first-order valence-electron chi connectivity index (χ1n) is 7.90. The summed E-state index contributed by atoms with van der Waals surface area (Å²) in [6.45, 7) is 2.03. The highest BCUT2D eigenvalue weighted by Gasteiger charge is 2.50. The third-order valence-corrected chi connectivity index (χ3v) is 6.02. The van der Waals surface area contributed by atoms with E-state index in [4.69, 9.17) is 0 Å². The Morgan fingerprint density at radius 3 is 2.70 bits per heavy atom. The van der Waals surface area contributed by atoms with Crippen molar-refractivity contribution in [2.75, 3.05) is 13.1 Å². The molecular formula is C14H25N3O2S. The normalized spacial score (nSPS) is 29.1. The number of hydrogen-bond acceptors (Lipinski definition) is 4. The molecule has 0 bridgehead atoms. The lowest BCUT2D eigenvalue weighted by Gasteiger charge is -2.17. The number of hydrogen-bond donors (Lipinski definition) is 3. The van der Waals surface area contributed by atoms with Crippen molar-refractivity contribution < 1.29 is 9.00 Å². The summed E-state index contributed by atoms with van der Waals surface area (Å²) in [5.74, 6) is -0.0540. The number of carbonyl (C=O) groups is 1. The van der Waals surface area contributed by atoms with Gasteiger partial charge in [-0.15, -0.1) is 0 Å². The SMILES string of the molecule is O=C(NS(=O)C1CC1)C1(NCCCC2CCCN2)CC1. The van der Waals surface area contributed by atoms with Crippen molar-refractivity contribution in [3.63, 3.8) is 0 Å². The van der Waals surface area contributed by atoms with Crippen molar-refractivity contribution in [1.29, 1.82) is 0 Å². The third kappa shape index (κ3) is 3.59. The van der Waals surface area contributed by atoms with E-state index < -0.39 is 16.5 Å². The van der Waals surface area contributed by atoms with Crippen LogP contribution in [0.1, 0.15) is 51.4 Å². The van der Waals surface area contributed by atoms with Crippen LogP contribution < -0.4 is 15.4 Å². The first-order chi connectivity index (χ1) is 9.70. The minimum absolute atomic E-state index is 0.0540. The topological polar surface area (TPSA) is 70.2 Å². The molecular weight excluding hydrogens is 274 g/mol. The van der Waals surface area contributed by atoms with Crippen LogP contribution >= 0.6 is 0 Å². The van der Waals surface area contributed by atoms with Crippen molar-refractivity contribution >= 4 is 16.9 Å². The summed E-state index contributed by atoms with van der Waals surface area (Å²) in [4.78, 5) is 12.1. The van der Waals surface area contributed by atoms with Crippen molar-refractivity contribution in [3.05, 3.63) is 0 Å². The summed E-state index contributed by atoms with van der Waals surface area (Å²) < 4.78 is 14.4. The summed E-state index contributed by atoms with van der Waals surface area (Å²) in [5, 5.41) is 7.09. The van der Waals surface area contributed by atoms with E-state index in [1.807, 2.05) is 0 Å². The van der Waals surface area contributed by atoms with Crippen molar-refractivity contribution in [2.24, 2.45) is 0 Å². The second-order valence-corrected chi connectivity index (χ2v) is 7.84. The van der Waals surface area contributed by atoms with Crippen LogP contribution in [0.25, 0.3) is 0 Å². The van der Waals surface area contributed by atoms with Gasteiger partial charge in [0.1, 0.15) is 11.0 Å². The lowest BCUT2D eigenvalue weighted by Crippen LogP contribution is -2.48. The third-order valence-electron chi connectivity index (χ3n) is 4.56. The van der Waals surface area contributed by atoms with Crippen LogP contribution in [0.5, 0.6) is 0 Å². The van der Waals surface area contributed by atoms with Gasteiger partial charge in [-0.05, 0) is 64.5 Å². The average Bonchev–Trinajstić information content (AvgIpc) is 3.35. The zero-order valence-corrected chi connectivity index (χ0v) is 12.8. The molecule has 20 heavy (non-hydrogen) atoms. The predicted molar refractivity (Wildman–Crippen MR) is 79.5 cm³/mol. The molecule has 3 rings (SSSR count). The second-order valence-electron chi connectivity index (χ2n) is 6.37. The van der Waals surface area contributed by atoms with Gasteiger partial charge in [0.05, 0.1) is 10.8 Å². The number of rotatable bonds is 8. The van der Waals surface area contributed by atoms with Crippen molar-refractivity contribution in [2.45, 2.75) is 68.2 Å². The molecule has 3 N–H and O–H groups in total. The lowest BCUT2D eigenvalue weighted by molar-refractivity contribution is -0.122. The zero-order valence-electron chi connectivity index (χ0n) is 12.0. The van der Waals surface area contributed by atoms with E-state index in [1.165, 1.54) is 19.3 Å². The van der Waals surface area contributed by atoms with Gasteiger partial charge in [-0.2, -0.15) is 0 Å². The Hall–Kier alpha value is -0.460. The summed E-state index contributed by atoms with van der Waals surface area (Å²) in [6, 6.07) is 0.670. The molecule has 114 valence electrons. The molecule has 0 spiro atoms. The van der Waals surface area contributed by atoms with E-state index in [2.05, 4.69) is 15.4 Å². The second kappa shape index (κ2) is 6.12. The maximum atomic E-state index is 12.1. The van der Waals surface area contributed by atoms with Gasteiger partial charge in [-0.1, -0.05) is 0 Å². The Morgan fingerprint density at radius 2 is 2.10 bits per heavy atom. The largest absolute Gasteiger partial charge is 0.314 e. The fourth-order valence-electron chi connectivity index (χ4n) is 2.84. The van der Waals surface area contributed by atoms with E-state index in [-0.39, 0.29) is 11.2 Å². The molecule has 1 amide bonds. The van der Waals surface area contributed by atoms with Gasteiger partial charge < -0.3 is 10.6 Å². The molecule has 0 aromatic carbocycles. The van der Waals surface area contributed by atoms with Crippen LogP contribution in [0.15, 0.2) is 0 Å². The van der Waals surface area contributed by atoms with Crippen molar-refractivity contribution in [3.8, 4) is 0 Å². The van der Waals surface area contributed by atoms with Gasteiger partial charge in [0.15, 0.2) is 0 Å². The molecule has 0 radical (unpaired) electrons. The van der Waals surface area contributed by atoms with E-state index in [0.717, 1.165) is 45.2 Å². The van der Waals surface area contributed by atoms with E-state index in [0.29, 0.717) is 6.04 Å². The highest BCUT2D eigenvalue weighted by molar-refractivity contribution is 7.84. The molecule has 2 atom stereocenters. The smallest absolute Gasteiger partial charge is 0.251 e. The van der Waals surface area contributed by atoms with E-state index in [1.54, 1.807) is 0 Å². The van der Waals surface area contributed by atoms with Crippen LogP contribution in [-0.2, 0) is 15.8 Å². The molecule has 3 aliphatic rings. The van der Waals surface area contributed by atoms with Crippen molar-refractivity contribution in [1.82, 2.24) is 15.4 Å². The van der Waals surface area contributed by atoms with Crippen LogP contribution in [0, 0.1) is 0 Å². The van der Waals surface area contributed by atoms with Gasteiger partial charge >= 0.3 is 0 Å². The van der Waals surface area contributed by atoms with Crippen LogP contribution in [0.4, 0.5) is 0 Å². The molecule has 0 aromatic heterocycles. The lowest BCUT2D eigenvalue weighted by atomic mass is 10.1. The van der Waals surface area contributed by atoms with Crippen LogP contribution in [-0.4, -0.2) is 40.0 Å². The maximum Gasteiger partial charge on any atom is 0.251 e. The zero-order chi connectivity index (χ0) is 14.0. The Morgan fingerprint density at radius 1 is 1.30 bits per heavy atom. The quantitative estimate of drug-likeness (QED) is 0.574. The van der Waals surface area contributed by atoms with Crippen LogP contribution in [0.2, 0.25) is 0 Å². The summed E-state index contributed by atoms with van der Waals surface area (Å²) in [6.07, 6.45) is 8.58. The van der Waals surface area contributed by atoms with Gasteiger partial charge in [-0.3, -0.25) is 9.52 Å². The molecule has 0 aromatic rings. The van der Waals surface area contributed by atoms with E-state index in [9.17, 15) is 9.00 Å². The monoisotopic (exact) mass is 299 g/mol. The molecule has 1 heterocycles. The Balaban J connectivity index is 1.35. The number of amides is 1. The van der Waals surface area contributed by atoms with Gasteiger partial charge in [-0.25, -0.2) is 4.21 Å². The summed E-state index contributed by atoms with van der Waals surface area (Å²) in [5.41, 5.74) is -0.409. The molecule has 2 aliphatic carbocycles. The van der Waals surface area contributed by atoms with E-state index >= 15 is 0 Å². The molecule has 2 unspecified atom stereocenters. The molecule has 1 saturated heterocycles. The highest BCUT2D eigenvalue weighted by Crippen LogP contribution is 2.36. The first kappa shape index (κ1) is 14.5. The van der Waals surface area contributed by atoms with Gasteiger partial charge in [0.2, 0.25) is 0 Å². The standard InChI is InChI=1S/C14H25N3O2S/c18-13(17-20(19)12-5-6-12)14(7-8-14)16-10-2-4-11-3-1-9-15-11/h11-12,15-16H,1-10H2,(H,17,18).